The molecule has 2 aromatic rings. The van der Waals surface area contributed by atoms with E-state index in [0.29, 0.717) is 10.8 Å². The lowest BCUT2D eigenvalue weighted by Gasteiger charge is -2.08. The molecule has 0 saturated heterocycles. The number of nitrogen functional groups attached to an aromatic ring is 1. The Morgan fingerprint density at radius 3 is 2.83 bits per heavy atom. The van der Waals surface area contributed by atoms with Gasteiger partial charge in [0.15, 0.2) is 5.69 Å². The molecule has 1 aromatic heterocycles. The van der Waals surface area contributed by atoms with Crippen LogP contribution in [0.5, 0.6) is 0 Å². The monoisotopic (exact) mass is 262 g/mol. The zero-order valence-electron chi connectivity index (χ0n) is 9.11. The molecule has 1 heterocycles. The van der Waals surface area contributed by atoms with Crippen molar-refractivity contribution in [1.29, 1.82) is 5.26 Å². The molecular formula is C12H8ClFN4. The van der Waals surface area contributed by atoms with Crippen LogP contribution in [0.3, 0.4) is 0 Å². The van der Waals surface area contributed by atoms with E-state index in [1.807, 2.05) is 6.07 Å². The largest absolute Gasteiger partial charge is 0.396 e. The van der Waals surface area contributed by atoms with Crippen molar-refractivity contribution < 1.29 is 4.39 Å². The van der Waals surface area contributed by atoms with Crippen LogP contribution in [0.1, 0.15) is 5.69 Å². The van der Waals surface area contributed by atoms with Crippen molar-refractivity contribution >= 4 is 28.8 Å². The third-order valence-electron chi connectivity index (χ3n) is 2.22. The molecule has 90 valence electrons. The lowest BCUT2D eigenvalue weighted by molar-refractivity contribution is 0.632. The number of aromatic nitrogens is 1. The van der Waals surface area contributed by atoms with Gasteiger partial charge in [-0.15, -0.1) is 0 Å². The molecule has 0 aliphatic rings. The highest BCUT2D eigenvalue weighted by atomic mass is 35.5. The summed E-state index contributed by atoms with van der Waals surface area (Å²) in [5, 5.41) is 11.9. The van der Waals surface area contributed by atoms with E-state index in [2.05, 4.69) is 10.3 Å². The van der Waals surface area contributed by atoms with Crippen LogP contribution in [-0.2, 0) is 0 Å². The third kappa shape index (κ3) is 2.50. The van der Waals surface area contributed by atoms with Crippen LogP contribution in [0, 0.1) is 17.1 Å². The summed E-state index contributed by atoms with van der Waals surface area (Å²) in [5.41, 5.74) is 6.08. The Bertz CT molecular complexity index is 636. The quantitative estimate of drug-likeness (QED) is 0.872. The molecule has 4 nitrogen and oxygen atoms in total. The summed E-state index contributed by atoms with van der Waals surface area (Å²) in [6.45, 7) is 0. The molecule has 0 aliphatic heterocycles. The minimum Gasteiger partial charge on any atom is -0.396 e. The van der Waals surface area contributed by atoms with E-state index >= 15 is 0 Å². The molecule has 0 spiro atoms. The minimum atomic E-state index is -0.462. The molecule has 0 atom stereocenters. The van der Waals surface area contributed by atoms with Crippen LogP contribution >= 0.6 is 11.6 Å². The molecule has 2 rings (SSSR count). The van der Waals surface area contributed by atoms with E-state index in [1.54, 1.807) is 6.07 Å². The maximum absolute atomic E-state index is 13.5. The number of hydrogen-bond donors (Lipinski definition) is 2. The van der Waals surface area contributed by atoms with E-state index in [4.69, 9.17) is 22.6 Å². The molecular weight excluding hydrogens is 255 g/mol. The summed E-state index contributed by atoms with van der Waals surface area (Å²) in [4.78, 5) is 3.95. The second-order valence-corrected chi connectivity index (χ2v) is 3.93. The van der Waals surface area contributed by atoms with E-state index in [0.717, 1.165) is 0 Å². The van der Waals surface area contributed by atoms with Crippen molar-refractivity contribution in [3.05, 3.63) is 46.9 Å². The van der Waals surface area contributed by atoms with E-state index < -0.39 is 5.82 Å². The van der Waals surface area contributed by atoms with Crippen LogP contribution in [0.15, 0.2) is 30.3 Å². The Balaban J connectivity index is 2.34. The predicted octanol–water partition coefficient (Wildman–Crippen LogP) is 3.07. The van der Waals surface area contributed by atoms with Gasteiger partial charge in [0.2, 0.25) is 0 Å². The maximum atomic E-state index is 13.5. The molecule has 0 saturated carbocycles. The van der Waals surface area contributed by atoms with Gasteiger partial charge in [-0.05, 0) is 30.3 Å². The van der Waals surface area contributed by atoms with Gasteiger partial charge in [-0.25, -0.2) is 9.37 Å². The Hall–Kier alpha value is -2.32. The highest BCUT2D eigenvalue weighted by Gasteiger charge is 2.06. The first-order chi connectivity index (χ1) is 8.60. The summed E-state index contributed by atoms with van der Waals surface area (Å²) in [6.07, 6.45) is 0. The average molecular weight is 263 g/mol. The smallest absolute Gasteiger partial charge is 0.165 e. The van der Waals surface area contributed by atoms with Crippen molar-refractivity contribution in [2.45, 2.75) is 0 Å². The first kappa shape index (κ1) is 12.1. The lowest BCUT2D eigenvalue weighted by atomic mass is 10.3. The van der Waals surface area contributed by atoms with Crippen LogP contribution in [-0.4, -0.2) is 4.98 Å². The zero-order chi connectivity index (χ0) is 13.1. The number of pyridine rings is 1. The molecule has 1 aromatic carbocycles. The minimum absolute atomic E-state index is 0.0856. The number of hydrogen-bond acceptors (Lipinski definition) is 4. The van der Waals surface area contributed by atoms with Crippen molar-refractivity contribution in [3.8, 4) is 6.07 Å². The van der Waals surface area contributed by atoms with Crippen LogP contribution in [0.4, 0.5) is 21.6 Å². The Kier molecular flexibility index (Phi) is 3.31. The van der Waals surface area contributed by atoms with Crippen LogP contribution < -0.4 is 11.1 Å². The fourth-order valence-corrected chi connectivity index (χ4v) is 1.53. The van der Waals surface area contributed by atoms with Gasteiger partial charge >= 0.3 is 0 Å². The third-order valence-corrected chi connectivity index (χ3v) is 2.46. The first-order valence-electron chi connectivity index (χ1n) is 4.99. The highest BCUT2D eigenvalue weighted by molar-refractivity contribution is 6.30. The fraction of sp³-hybridized carbons (Fsp3) is 0. The standard InChI is InChI=1S/C12H8ClFN4/c13-7-1-2-8(14)10(5-7)17-12-4-3-9(16)11(6-15)18-12/h1-5H,16H2,(H,17,18). The molecule has 3 N–H and O–H groups in total. The molecule has 0 radical (unpaired) electrons. The normalized spacial score (nSPS) is 9.83. The summed E-state index contributed by atoms with van der Waals surface area (Å²) in [7, 11) is 0. The van der Waals surface area contributed by atoms with Gasteiger partial charge in [0.05, 0.1) is 11.4 Å². The van der Waals surface area contributed by atoms with E-state index in [1.165, 1.54) is 24.3 Å². The molecule has 0 unspecified atom stereocenters. The van der Waals surface area contributed by atoms with Crippen molar-refractivity contribution in [3.63, 3.8) is 0 Å². The topological polar surface area (TPSA) is 74.7 Å². The number of nitriles is 1. The van der Waals surface area contributed by atoms with E-state index in [-0.39, 0.29) is 17.1 Å². The second kappa shape index (κ2) is 4.90. The SMILES string of the molecule is N#Cc1nc(Nc2cc(Cl)ccc2F)ccc1N. The van der Waals surface area contributed by atoms with Gasteiger partial charge in [-0.2, -0.15) is 5.26 Å². The van der Waals surface area contributed by atoms with Gasteiger partial charge in [0.25, 0.3) is 0 Å². The second-order valence-electron chi connectivity index (χ2n) is 3.50. The van der Waals surface area contributed by atoms with Gasteiger partial charge in [0, 0.05) is 5.02 Å². The summed E-state index contributed by atoms with van der Waals surface area (Å²) in [6, 6.07) is 9.05. The molecule has 18 heavy (non-hydrogen) atoms. The number of rotatable bonds is 2. The number of anilines is 3. The average Bonchev–Trinajstić information content (AvgIpc) is 2.36. The lowest BCUT2D eigenvalue weighted by Crippen LogP contribution is -2.00. The van der Waals surface area contributed by atoms with Crippen LogP contribution in [0.2, 0.25) is 5.02 Å². The molecule has 0 bridgehead atoms. The number of benzene rings is 1. The number of nitrogens with two attached hydrogens (primary N) is 1. The van der Waals surface area contributed by atoms with Crippen molar-refractivity contribution in [2.24, 2.45) is 0 Å². The molecule has 6 heteroatoms. The van der Waals surface area contributed by atoms with Gasteiger partial charge in [-0.3, -0.25) is 0 Å². The molecule has 0 aliphatic carbocycles. The number of halogens is 2. The number of nitrogens with one attached hydrogen (secondary N) is 1. The van der Waals surface area contributed by atoms with E-state index in [9.17, 15) is 4.39 Å². The maximum Gasteiger partial charge on any atom is 0.165 e. The zero-order valence-corrected chi connectivity index (χ0v) is 9.87. The summed E-state index contributed by atoms with van der Waals surface area (Å²) in [5.74, 6) is -0.140. The Labute approximate surface area is 108 Å². The predicted molar refractivity (Wildman–Crippen MR) is 68.1 cm³/mol. The van der Waals surface area contributed by atoms with Crippen molar-refractivity contribution in [2.75, 3.05) is 11.1 Å². The van der Waals surface area contributed by atoms with Crippen molar-refractivity contribution in [1.82, 2.24) is 4.98 Å². The van der Waals surface area contributed by atoms with Gasteiger partial charge in [-0.1, -0.05) is 11.6 Å². The van der Waals surface area contributed by atoms with Gasteiger partial charge in [0.1, 0.15) is 17.7 Å². The van der Waals surface area contributed by atoms with Crippen LogP contribution in [0.25, 0.3) is 0 Å². The highest BCUT2D eigenvalue weighted by Crippen LogP contribution is 2.23. The fourth-order valence-electron chi connectivity index (χ4n) is 1.36. The number of nitrogens with zero attached hydrogens (tertiary/aromatic N) is 2. The summed E-state index contributed by atoms with van der Waals surface area (Å²) < 4.78 is 13.5. The molecule has 0 amide bonds. The first-order valence-corrected chi connectivity index (χ1v) is 5.36. The summed E-state index contributed by atoms with van der Waals surface area (Å²) >= 11 is 5.77. The Morgan fingerprint density at radius 2 is 2.11 bits per heavy atom. The van der Waals surface area contributed by atoms with Gasteiger partial charge < -0.3 is 11.1 Å². The Morgan fingerprint density at radius 1 is 1.33 bits per heavy atom. The molecule has 0 fully saturated rings.